The van der Waals surface area contributed by atoms with Gasteiger partial charge in [0.15, 0.2) is 6.23 Å². The summed E-state index contributed by atoms with van der Waals surface area (Å²) in [5, 5.41) is 31.9. The zero-order valence-electron chi connectivity index (χ0n) is 27.3. The van der Waals surface area contributed by atoms with E-state index < -0.39 is 48.7 Å². The molecule has 4 N–H and O–H groups in total. The SMILES string of the molecule is CCCCCCCCCCCCCCCCCCOC(=O)c1cccc(C(=O)Nc2ccn([C@@H]3O[C@H](CO)[C@@H](O)[C@@H]3O)c(=O)n2)c1. The van der Waals surface area contributed by atoms with Crippen LogP contribution in [0.4, 0.5) is 5.82 Å². The number of carbonyl (C=O) groups excluding carboxylic acids is 2. The molecule has 0 saturated carbocycles. The second kappa shape index (κ2) is 20.9. The molecule has 0 radical (unpaired) electrons. The van der Waals surface area contributed by atoms with Crippen molar-refractivity contribution < 1.29 is 34.4 Å². The van der Waals surface area contributed by atoms with Crippen molar-refractivity contribution in [2.75, 3.05) is 18.5 Å². The highest BCUT2D eigenvalue weighted by atomic mass is 16.6. The number of benzene rings is 1. The lowest BCUT2D eigenvalue weighted by Gasteiger charge is -2.17. The number of amides is 1. The minimum atomic E-state index is -1.44. The highest BCUT2D eigenvalue weighted by Crippen LogP contribution is 2.28. The number of aliphatic hydroxyl groups excluding tert-OH is 3. The van der Waals surface area contributed by atoms with Crippen LogP contribution in [0.15, 0.2) is 41.3 Å². The predicted octanol–water partition coefficient (Wildman–Crippen LogP) is 5.53. The fourth-order valence-electron chi connectivity index (χ4n) is 5.66. The number of aromatic nitrogens is 2. The molecule has 1 aliphatic heterocycles. The van der Waals surface area contributed by atoms with Crippen LogP contribution in [-0.2, 0) is 9.47 Å². The average molecular weight is 644 g/mol. The summed E-state index contributed by atoms with van der Waals surface area (Å²) in [6, 6.07) is 7.44. The monoisotopic (exact) mass is 643 g/mol. The molecule has 2 aromatic rings. The van der Waals surface area contributed by atoms with Crippen LogP contribution in [0.25, 0.3) is 0 Å². The molecular formula is C35H53N3O8. The predicted molar refractivity (Wildman–Crippen MR) is 176 cm³/mol. The zero-order chi connectivity index (χ0) is 33.1. The number of hydrogen-bond donors (Lipinski definition) is 4. The number of hydrogen-bond acceptors (Lipinski definition) is 9. The van der Waals surface area contributed by atoms with E-state index in [1.54, 1.807) is 12.1 Å². The van der Waals surface area contributed by atoms with Crippen LogP contribution in [0.1, 0.15) is 137 Å². The van der Waals surface area contributed by atoms with Crippen LogP contribution >= 0.6 is 0 Å². The first kappa shape index (κ1) is 37.3. The van der Waals surface area contributed by atoms with Gasteiger partial charge in [-0.1, -0.05) is 109 Å². The van der Waals surface area contributed by atoms with Crippen LogP contribution in [-0.4, -0.2) is 68.3 Å². The van der Waals surface area contributed by atoms with Crippen molar-refractivity contribution in [2.45, 2.75) is 134 Å². The van der Waals surface area contributed by atoms with E-state index in [0.717, 1.165) is 23.8 Å². The lowest BCUT2D eigenvalue weighted by Crippen LogP contribution is -2.36. The van der Waals surface area contributed by atoms with Crippen molar-refractivity contribution in [3.63, 3.8) is 0 Å². The first-order valence-corrected chi connectivity index (χ1v) is 17.2. The molecular weight excluding hydrogens is 590 g/mol. The Labute approximate surface area is 272 Å². The maximum absolute atomic E-state index is 12.8. The summed E-state index contributed by atoms with van der Waals surface area (Å²) in [5.41, 5.74) is -0.401. The number of aliphatic hydroxyl groups is 3. The van der Waals surface area contributed by atoms with E-state index in [4.69, 9.17) is 9.47 Å². The summed E-state index contributed by atoms with van der Waals surface area (Å²) >= 11 is 0. The van der Waals surface area contributed by atoms with Crippen LogP contribution < -0.4 is 11.0 Å². The van der Waals surface area contributed by atoms with Gasteiger partial charge in [-0.15, -0.1) is 0 Å². The van der Waals surface area contributed by atoms with E-state index in [1.165, 1.54) is 108 Å². The maximum Gasteiger partial charge on any atom is 0.351 e. The smallest absolute Gasteiger partial charge is 0.351 e. The number of nitrogens with one attached hydrogen (secondary N) is 1. The van der Waals surface area contributed by atoms with Crippen LogP contribution in [0.3, 0.4) is 0 Å². The summed E-state index contributed by atoms with van der Waals surface area (Å²) < 4.78 is 11.7. The maximum atomic E-state index is 12.8. The molecule has 11 nitrogen and oxygen atoms in total. The van der Waals surface area contributed by atoms with Gasteiger partial charge in [0.05, 0.1) is 18.8 Å². The summed E-state index contributed by atoms with van der Waals surface area (Å²) in [4.78, 5) is 41.7. The molecule has 1 amide bonds. The Hall–Kier alpha value is -3.12. The van der Waals surface area contributed by atoms with Gasteiger partial charge >= 0.3 is 11.7 Å². The van der Waals surface area contributed by atoms with Crippen molar-refractivity contribution in [1.82, 2.24) is 9.55 Å². The van der Waals surface area contributed by atoms with Crippen molar-refractivity contribution >= 4 is 17.7 Å². The molecule has 3 rings (SSSR count). The number of ether oxygens (including phenoxy) is 2. The molecule has 1 saturated heterocycles. The number of anilines is 1. The van der Waals surface area contributed by atoms with Gasteiger partial charge in [0.2, 0.25) is 0 Å². The Morgan fingerprint density at radius 3 is 1.96 bits per heavy atom. The number of unbranched alkanes of at least 4 members (excludes halogenated alkanes) is 15. The Morgan fingerprint density at radius 2 is 1.41 bits per heavy atom. The fourth-order valence-corrected chi connectivity index (χ4v) is 5.66. The summed E-state index contributed by atoms with van der Waals surface area (Å²) in [5.74, 6) is -1.13. The third kappa shape index (κ3) is 12.2. The molecule has 2 heterocycles. The van der Waals surface area contributed by atoms with Gasteiger partial charge in [-0.2, -0.15) is 4.98 Å². The quantitative estimate of drug-likeness (QED) is 0.0956. The van der Waals surface area contributed by atoms with E-state index in [0.29, 0.717) is 6.61 Å². The van der Waals surface area contributed by atoms with Crippen molar-refractivity contribution in [2.24, 2.45) is 0 Å². The van der Waals surface area contributed by atoms with Crippen molar-refractivity contribution in [1.29, 1.82) is 0 Å². The molecule has 256 valence electrons. The van der Waals surface area contributed by atoms with Gasteiger partial charge in [-0.25, -0.2) is 9.59 Å². The first-order valence-electron chi connectivity index (χ1n) is 17.2. The standard InChI is InChI=1S/C35H53N3O8/c1-2-3-4-5-6-7-8-9-10-11-12-13-14-15-16-17-23-45-34(43)27-20-18-19-26(24-27)32(42)36-29-21-22-38(35(44)37-29)33-31(41)30(40)28(25-39)46-33/h18-22,24,28,30-31,33,39-41H,2-17,23,25H2,1H3,(H,36,37,42,44)/t28-,30-,31+,33-/m1/s1. The van der Waals surface area contributed by atoms with Gasteiger partial charge in [0.1, 0.15) is 24.1 Å². The van der Waals surface area contributed by atoms with E-state index in [1.807, 2.05) is 0 Å². The van der Waals surface area contributed by atoms with Crippen LogP contribution in [0.2, 0.25) is 0 Å². The number of nitrogens with zero attached hydrogens (tertiary/aromatic N) is 2. The fraction of sp³-hybridized carbons (Fsp3) is 0.657. The summed E-state index contributed by atoms with van der Waals surface area (Å²) in [6.07, 6.45) is 16.5. The zero-order valence-corrected chi connectivity index (χ0v) is 27.3. The molecule has 0 bridgehead atoms. The molecule has 46 heavy (non-hydrogen) atoms. The highest BCUT2D eigenvalue weighted by Gasteiger charge is 2.43. The first-order chi connectivity index (χ1) is 22.3. The highest BCUT2D eigenvalue weighted by molar-refractivity contribution is 6.05. The average Bonchev–Trinajstić information content (AvgIpc) is 3.34. The Kier molecular flexibility index (Phi) is 17.0. The molecule has 1 aliphatic rings. The van der Waals surface area contributed by atoms with Crippen LogP contribution in [0, 0.1) is 0 Å². The van der Waals surface area contributed by atoms with E-state index in [2.05, 4.69) is 17.2 Å². The minimum absolute atomic E-state index is 0.0468. The Morgan fingerprint density at radius 1 is 0.848 bits per heavy atom. The molecule has 0 unspecified atom stereocenters. The normalized spacial score (nSPS) is 19.3. The van der Waals surface area contributed by atoms with E-state index >= 15 is 0 Å². The molecule has 1 aromatic heterocycles. The van der Waals surface area contributed by atoms with Gasteiger partial charge in [-0.3, -0.25) is 9.36 Å². The second-order valence-electron chi connectivity index (χ2n) is 12.2. The molecule has 4 atom stereocenters. The molecule has 11 heteroatoms. The van der Waals surface area contributed by atoms with Gasteiger partial charge < -0.3 is 30.1 Å². The van der Waals surface area contributed by atoms with Gasteiger partial charge in [-0.05, 0) is 30.7 Å². The number of esters is 1. The molecule has 0 aliphatic carbocycles. The van der Waals surface area contributed by atoms with E-state index in [-0.39, 0.29) is 16.9 Å². The summed E-state index contributed by atoms with van der Waals surface area (Å²) in [7, 11) is 0. The third-order valence-electron chi connectivity index (χ3n) is 8.45. The van der Waals surface area contributed by atoms with Crippen molar-refractivity contribution in [3.8, 4) is 0 Å². The topological polar surface area (TPSA) is 160 Å². The van der Waals surface area contributed by atoms with Crippen molar-refractivity contribution in [3.05, 3.63) is 58.1 Å². The van der Waals surface area contributed by atoms with Gasteiger partial charge in [0, 0.05) is 11.8 Å². The van der Waals surface area contributed by atoms with Gasteiger partial charge in [0.25, 0.3) is 5.91 Å². The molecule has 0 spiro atoms. The summed E-state index contributed by atoms with van der Waals surface area (Å²) in [6.45, 7) is 2.05. The number of carbonyl (C=O) groups is 2. The lowest BCUT2D eigenvalue weighted by atomic mass is 10.0. The molecule has 1 aromatic carbocycles. The Bertz CT molecular complexity index is 1250. The van der Waals surface area contributed by atoms with E-state index in [9.17, 15) is 29.7 Å². The second-order valence-corrected chi connectivity index (χ2v) is 12.2. The third-order valence-corrected chi connectivity index (χ3v) is 8.45. The van der Waals surface area contributed by atoms with Crippen LogP contribution in [0.5, 0.6) is 0 Å². The minimum Gasteiger partial charge on any atom is -0.462 e. The number of rotatable bonds is 22. The largest absolute Gasteiger partial charge is 0.462 e. The Balaban J connectivity index is 1.29. The lowest BCUT2D eigenvalue weighted by molar-refractivity contribution is -0.0549. The molecule has 1 fully saturated rings.